The monoisotopic (exact) mass is 210 g/mol. The molecule has 0 aliphatic heterocycles. The van der Waals surface area contributed by atoms with E-state index in [1.807, 2.05) is 0 Å². The Morgan fingerprint density at radius 2 is 1.89 bits per heavy atom. The van der Waals surface area contributed by atoms with E-state index in [2.05, 4.69) is 42.5 Å². The first-order chi connectivity index (χ1) is 3.95. The van der Waals surface area contributed by atoms with Crippen molar-refractivity contribution >= 4 is 24.2 Å². The van der Waals surface area contributed by atoms with Crippen molar-refractivity contribution in [2.24, 2.45) is 0 Å². The highest BCUT2D eigenvalue weighted by atomic mass is 79.9. The van der Waals surface area contributed by atoms with Crippen molar-refractivity contribution in [1.82, 2.24) is 0 Å². The fourth-order valence-corrected chi connectivity index (χ4v) is 3.08. The Morgan fingerprint density at radius 3 is 2.00 bits per heavy atom. The molecule has 0 fully saturated rings. The minimum atomic E-state index is -1.29. The van der Waals surface area contributed by atoms with Crippen LogP contribution in [0.15, 0.2) is 0 Å². The Hall–Kier alpha value is 0.657. The average Bonchev–Trinajstić information content (AvgIpc) is 1.62. The molecular formula is C6H15BrOSi. The summed E-state index contributed by atoms with van der Waals surface area (Å²) in [4.78, 5) is 0. The molecule has 1 nitrogen and oxygen atoms in total. The second kappa shape index (κ2) is 3.74. The standard InChI is InChI=1S/C6H15BrOSi/c1-5-6(7)8-9(2,3)4/h6H,5H2,1-4H3. The normalized spacial score (nSPS) is 15.7. The molecule has 0 saturated heterocycles. The Labute approximate surface area is 67.0 Å². The third kappa shape index (κ3) is 6.54. The highest BCUT2D eigenvalue weighted by Crippen LogP contribution is 2.13. The van der Waals surface area contributed by atoms with Crippen LogP contribution in [0.5, 0.6) is 0 Å². The van der Waals surface area contributed by atoms with Crippen LogP contribution < -0.4 is 0 Å². The van der Waals surface area contributed by atoms with Gasteiger partial charge in [0.25, 0.3) is 0 Å². The molecule has 0 aliphatic carbocycles. The van der Waals surface area contributed by atoms with Crippen LogP contribution in [0, 0.1) is 0 Å². The van der Waals surface area contributed by atoms with Crippen molar-refractivity contribution in [2.45, 2.75) is 38.0 Å². The van der Waals surface area contributed by atoms with Crippen molar-refractivity contribution in [1.29, 1.82) is 0 Å². The third-order valence-corrected chi connectivity index (χ3v) is 2.97. The van der Waals surface area contributed by atoms with Gasteiger partial charge in [-0.15, -0.1) is 0 Å². The van der Waals surface area contributed by atoms with Gasteiger partial charge in [0.1, 0.15) is 5.01 Å². The Kier molecular flexibility index (Phi) is 4.01. The molecule has 0 bridgehead atoms. The van der Waals surface area contributed by atoms with Gasteiger partial charge < -0.3 is 4.43 Å². The molecule has 0 heterocycles. The first kappa shape index (κ1) is 9.66. The molecule has 56 valence electrons. The van der Waals surface area contributed by atoms with E-state index in [1.165, 1.54) is 0 Å². The van der Waals surface area contributed by atoms with Gasteiger partial charge in [-0.1, -0.05) is 22.9 Å². The first-order valence-electron chi connectivity index (χ1n) is 3.27. The van der Waals surface area contributed by atoms with E-state index in [4.69, 9.17) is 4.43 Å². The van der Waals surface area contributed by atoms with Gasteiger partial charge in [-0.05, 0) is 26.1 Å². The largest absolute Gasteiger partial charge is 0.405 e. The maximum Gasteiger partial charge on any atom is 0.185 e. The molecule has 1 unspecified atom stereocenters. The van der Waals surface area contributed by atoms with Crippen LogP contribution in [0.1, 0.15) is 13.3 Å². The molecule has 0 spiro atoms. The zero-order valence-electron chi connectivity index (χ0n) is 6.57. The van der Waals surface area contributed by atoms with E-state index < -0.39 is 8.32 Å². The lowest BCUT2D eigenvalue weighted by atomic mass is 10.5. The van der Waals surface area contributed by atoms with Crippen LogP contribution in [-0.4, -0.2) is 13.3 Å². The van der Waals surface area contributed by atoms with E-state index in [0.717, 1.165) is 6.42 Å². The van der Waals surface area contributed by atoms with Crippen LogP contribution >= 0.6 is 15.9 Å². The molecule has 0 aromatic rings. The highest BCUT2D eigenvalue weighted by molar-refractivity contribution is 9.09. The summed E-state index contributed by atoms with van der Waals surface area (Å²) in [6.45, 7) is 8.68. The Balaban J connectivity index is 3.47. The molecule has 0 aromatic heterocycles. The van der Waals surface area contributed by atoms with Gasteiger partial charge in [-0.2, -0.15) is 0 Å². The predicted molar refractivity (Wildman–Crippen MR) is 47.4 cm³/mol. The summed E-state index contributed by atoms with van der Waals surface area (Å²) in [7, 11) is -1.29. The second-order valence-corrected chi connectivity index (χ2v) is 8.53. The van der Waals surface area contributed by atoms with Gasteiger partial charge in [0.05, 0.1) is 0 Å². The zero-order valence-corrected chi connectivity index (χ0v) is 9.16. The molecule has 0 N–H and O–H groups in total. The summed E-state index contributed by atoms with van der Waals surface area (Å²) < 4.78 is 5.64. The van der Waals surface area contributed by atoms with Crippen molar-refractivity contribution in [3.05, 3.63) is 0 Å². The fourth-order valence-electron chi connectivity index (χ4n) is 0.467. The molecule has 1 atom stereocenters. The van der Waals surface area contributed by atoms with E-state index >= 15 is 0 Å². The first-order valence-corrected chi connectivity index (χ1v) is 7.60. The summed E-state index contributed by atoms with van der Waals surface area (Å²) >= 11 is 3.43. The quantitative estimate of drug-likeness (QED) is 0.515. The summed E-state index contributed by atoms with van der Waals surface area (Å²) in [5.74, 6) is 0. The lowest BCUT2D eigenvalue weighted by molar-refractivity contribution is 0.284. The molecule has 0 amide bonds. The predicted octanol–water partition coefficient (Wildman–Crippen LogP) is 2.97. The summed E-state index contributed by atoms with van der Waals surface area (Å²) in [6, 6.07) is 0. The Morgan fingerprint density at radius 1 is 1.44 bits per heavy atom. The fraction of sp³-hybridized carbons (Fsp3) is 1.00. The maximum absolute atomic E-state index is 5.64. The van der Waals surface area contributed by atoms with Crippen molar-refractivity contribution < 1.29 is 4.43 Å². The molecule has 0 rings (SSSR count). The van der Waals surface area contributed by atoms with Crippen LogP contribution in [0.3, 0.4) is 0 Å². The lowest BCUT2D eigenvalue weighted by Crippen LogP contribution is -2.28. The minimum Gasteiger partial charge on any atom is -0.405 e. The Bertz CT molecular complexity index is 79.6. The third-order valence-electron chi connectivity index (χ3n) is 0.802. The number of halogens is 1. The van der Waals surface area contributed by atoms with Crippen molar-refractivity contribution in [2.75, 3.05) is 0 Å². The molecular weight excluding hydrogens is 196 g/mol. The van der Waals surface area contributed by atoms with E-state index in [-0.39, 0.29) is 5.01 Å². The summed E-state index contributed by atoms with van der Waals surface area (Å²) in [5.41, 5.74) is 0. The summed E-state index contributed by atoms with van der Waals surface area (Å²) in [6.07, 6.45) is 1.05. The molecule has 9 heavy (non-hydrogen) atoms. The lowest BCUT2D eigenvalue weighted by Gasteiger charge is -2.20. The number of rotatable bonds is 3. The van der Waals surface area contributed by atoms with E-state index in [0.29, 0.717) is 0 Å². The smallest absolute Gasteiger partial charge is 0.185 e. The average molecular weight is 211 g/mol. The molecule has 0 radical (unpaired) electrons. The van der Waals surface area contributed by atoms with E-state index in [1.54, 1.807) is 0 Å². The van der Waals surface area contributed by atoms with Crippen LogP contribution in [0.25, 0.3) is 0 Å². The van der Waals surface area contributed by atoms with Gasteiger partial charge in [0, 0.05) is 0 Å². The van der Waals surface area contributed by atoms with Crippen molar-refractivity contribution in [3.8, 4) is 0 Å². The van der Waals surface area contributed by atoms with Gasteiger partial charge in [0.15, 0.2) is 8.32 Å². The van der Waals surface area contributed by atoms with Gasteiger partial charge in [-0.3, -0.25) is 0 Å². The summed E-state index contributed by atoms with van der Waals surface area (Å²) in [5, 5.41) is 0.268. The molecule has 3 heteroatoms. The van der Waals surface area contributed by atoms with Gasteiger partial charge in [0.2, 0.25) is 0 Å². The number of hydrogen-bond acceptors (Lipinski definition) is 1. The SMILES string of the molecule is CCC(Br)O[Si](C)(C)C. The number of alkyl halides is 1. The van der Waals surface area contributed by atoms with Crippen LogP contribution in [-0.2, 0) is 4.43 Å². The van der Waals surface area contributed by atoms with E-state index in [9.17, 15) is 0 Å². The molecule has 0 aromatic carbocycles. The minimum absolute atomic E-state index is 0.268. The van der Waals surface area contributed by atoms with Gasteiger partial charge >= 0.3 is 0 Å². The topological polar surface area (TPSA) is 9.23 Å². The maximum atomic E-state index is 5.64. The van der Waals surface area contributed by atoms with Crippen LogP contribution in [0.2, 0.25) is 19.6 Å². The van der Waals surface area contributed by atoms with Crippen molar-refractivity contribution in [3.63, 3.8) is 0 Å². The highest BCUT2D eigenvalue weighted by Gasteiger charge is 2.17. The second-order valence-electron chi connectivity index (χ2n) is 3.05. The molecule has 0 aliphatic rings. The van der Waals surface area contributed by atoms with Gasteiger partial charge in [-0.25, -0.2) is 0 Å². The zero-order chi connectivity index (χ0) is 7.49. The number of hydrogen-bond donors (Lipinski definition) is 0. The van der Waals surface area contributed by atoms with Crippen LogP contribution in [0.4, 0.5) is 0 Å². The molecule has 0 saturated carbocycles.